The largest absolute Gasteiger partial charge is 0.486 e. The molecule has 0 aromatic heterocycles. The van der Waals surface area contributed by atoms with Gasteiger partial charge < -0.3 is 14.8 Å². The Morgan fingerprint density at radius 1 is 0.926 bits per heavy atom. The molecule has 0 bridgehead atoms. The summed E-state index contributed by atoms with van der Waals surface area (Å²) in [6.07, 6.45) is 0.680. The van der Waals surface area contributed by atoms with Crippen molar-refractivity contribution < 1.29 is 14.3 Å². The standard InChI is InChI=1S/C22H18ClNO3/c23-18-13-20-21(27-11-10-26-20)14-19(18)24-22(25)17-9-5-4-8-16(17)12-15-6-2-1-3-7-15/h1-9,13-14H,10-12H2,(H,24,25). The van der Waals surface area contributed by atoms with Crippen molar-refractivity contribution in [3.8, 4) is 11.5 Å². The Balaban J connectivity index is 1.59. The molecule has 3 aromatic carbocycles. The normalized spacial score (nSPS) is 12.5. The summed E-state index contributed by atoms with van der Waals surface area (Å²) in [6.45, 7) is 0.962. The van der Waals surface area contributed by atoms with Crippen LogP contribution in [0.3, 0.4) is 0 Å². The van der Waals surface area contributed by atoms with Gasteiger partial charge in [0.15, 0.2) is 11.5 Å². The Morgan fingerprint density at radius 2 is 1.59 bits per heavy atom. The van der Waals surface area contributed by atoms with Gasteiger partial charge in [-0.2, -0.15) is 0 Å². The fourth-order valence-corrected chi connectivity index (χ4v) is 3.26. The first-order valence-corrected chi connectivity index (χ1v) is 9.11. The number of hydrogen-bond acceptors (Lipinski definition) is 3. The van der Waals surface area contributed by atoms with Crippen molar-refractivity contribution in [2.45, 2.75) is 6.42 Å². The summed E-state index contributed by atoms with van der Waals surface area (Å²) in [4.78, 5) is 12.9. The van der Waals surface area contributed by atoms with Crippen LogP contribution < -0.4 is 14.8 Å². The number of benzene rings is 3. The number of amides is 1. The van der Waals surface area contributed by atoms with Crippen molar-refractivity contribution in [3.63, 3.8) is 0 Å². The number of halogens is 1. The minimum atomic E-state index is -0.208. The van der Waals surface area contributed by atoms with Crippen LogP contribution in [-0.4, -0.2) is 19.1 Å². The van der Waals surface area contributed by atoms with E-state index in [-0.39, 0.29) is 5.91 Å². The van der Waals surface area contributed by atoms with Gasteiger partial charge in [-0.15, -0.1) is 0 Å². The van der Waals surface area contributed by atoms with E-state index in [0.717, 1.165) is 11.1 Å². The molecule has 0 fully saturated rings. The molecule has 0 saturated carbocycles. The lowest BCUT2D eigenvalue weighted by Gasteiger charge is -2.20. The molecule has 0 spiro atoms. The molecule has 0 saturated heterocycles. The van der Waals surface area contributed by atoms with Crippen LogP contribution >= 0.6 is 11.6 Å². The molecule has 136 valence electrons. The molecule has 1 amide bonds. The smallest absolute Gasteiger partial charge is 0.255 e. The third kappa shape index (κ3) is 3.91. The van der Waals surface area contributed by atoms with Gasteiger partial charge in [-0.3, -0.25) is 4.79 Å². The van der Waals surface area contributed by atoms with Crippen LogP contribution in [0.15, 0.2) is 66.7 Å². The van der Waals surface area contributed by atoms with Crippen molar-refractivity contribution in [1.82, 2.24) is 0 Å². The van der Waals surface area contributed by atoms with Crippen molar-refractivity contribution in [2.75, 3.05) is 18.5 Å². The van der Waals surface area contributed by atoms with Gasteiger partial charge in [0, 0.05) is 17.7 Å². The first-order chi connectivity index (χ1) is 13.2. The van der Waals surface area contributed by atoms with E-state index >= 15 is 0 Å². The average molecular weight is 380 g/mol. The molecule has 0 aliphatic carbocycles. The maximum absolute atomic E-state index is 12.9. The second kappa shape index (κ2) is 7.72. The predicted octanol–water partition coefficient (Wildman–Crippen LogP) is 4.95. The van der Waals surface area contributed by atoms with E-state index in [1.807, 2.05) is 54.6 Å². The van der Waals surface area contributed by atoms with Crippen molar-refractivity contribution in [3.05, 3.63) is 88.4 Å². The fraction of sp³-hybridized carbons (Fsp3) is 0.136. The number of hydrogen-bond donors (Lipinski definition) is 1. The molecule has 1 aliphatic rings. The molecule has 5 heteroatoms. The number of carbonyl (C=O) groups excluding carboxylic acids is 1. The molecule has 0 unspecified atom stereocenters. The van der Waals surface area contributed by atoms with Gasteiger partial charge in [-0.1, -0.05) is 60.1 Å². The maximum Gasteiger partial charge on any atom is 0.255 e. The second-order valence-corrected chi connectivity index (χ2v) is 6.66. The van der Waals surface area contributed by atoms with E-state index < -0.39 is 0 Å². The van der Waals surface area contributed by atoms with E-state index in [2.05, 4.69) is 5.32 Å². The SMILES string of the molecule is O=C(Nc1cc2c(cc1Cl)OCCO2)c1ccccc1Cc1ccccc1. The van der Waals surface area contributed by atoms with E-state index in [1.54, 1.807) is 12.1 Å². The molecule has 0 radical (unpaired) electrons. The molecule has 4 rings (SSSR count). The van der Waals surface area contributed by atoms with Crippen LogP contribution in [0.25, 0.3) is 0 Å². The first kappa shape index (κ1) is 17.4. The summed E-state index contributed by atoms with van der Waals surface area (Å²) in [5.41, 5.74) is 3.22. The maximum atomic E-state index is 12.9. The van der Waals surface area contributed by atoms with E-state index in [1.165, 1.54) is 0 Å². The van der Waals surface area contributed by atoms with Gasteiger partial charge in [-0.25, -0.2) is 0 Å². The summed E-state index contributed by atoms with van der Waals surface area (Å²) in [5.74, 6) is 0.965. The number of rotatable bonds is 4. The Kier molecular flexibility index (Phi) is 4.99. The summed E-state index contributed by atoms with van der Waals surface area (Å²) in [6, 6.07) is 21.0. The highest BCUT2D eigenvalue weighted by Gasteiger charge is 2.18. The van der Waals surface area contributed by atoms with Crippen LogP contribution in [0.1, 0.15) is 21.5 Å². The van der Waals surface area contributed by atoms with Crippen molar-refractivity contribution >= 4 is 23.2 Å². The monoisotopic (exact) mass is 379 g/mol. The van der Waals surface area contributed by atoms with Gasteiger partial charge in [0.25, 0.3) is 5.91 Å². The topological polar surface area (TPSA) is 47.6 Å². The van der Waals surface area contributed by atoms with Gasteiger partial charge in [-0.05, 0) is 23.6 Å². The molecule has 27 heavy (non-hydrogen) atoms. The van der Waals surface area contributed by atoms with Gasteiger partial charge in [0.1, 0.15) is 13.2 Å². The highest BCUT2D eigenvalue weighted by atomic mass is 35.5. The quantitative estimate of drug-likeness (QED) is 0.697. The van der Waals surface area contributed by atoms with Crippen LogP contribution in [0.2, 0.25) is 5.02 Å². The highest BCUT2D eigenvalue weighted by Crippen LogP contribution is 2.38. The summed E-state index contributed by atoms with van der Waals surface area (Å²) >= 11 is 6.31. The third-order valence-electron chi connectivity index (χ3n) is 4.38. The number of carbonyl (C=O) groups is 1. The number of ether oxygens (including phenoxy) is 2. The van der Waals surface area contributed by atoms with Crippen LogP contribution in [-0.2, 0) is 6.42 Å². The fourth-order valence-electron chi connectivity index (χ4n) is 3.06. The van der Waals surface area contributed by atoms with E-state index in [4.69, 9.17) is 21.1 Å². The molecule has 1 N–H and O–H groups in total. The van der Waals surface area contributed by atoms with Crippen LogP contribution in [0.5, 0.6) is 11.5 Å². The minimum absolute atomic E-state index is 0.208. The third-order valence-corrected chi connectivity index (χ3v) is 4.69. The zero-order chi connectivity index (χ0) is 18.6. The Bertz CT molecular complexity index is 973. The zero-order valence-corrected chi connectivity index (χ0v) is 15.3. The number of nitrogens with one attached hydrogen (secondary N) is 1. The lowest BCUT2D eigenvalue weighted by atomic mass is 9.99. The summed E-state index contributed by atoms with van der Waals surface area (Å²) < 4.78 is 11.1. The average Bonchev–Trinajstić information content (AvgIpc) is 2.70. The highest BCUT2D eigenvalue weighted by molar-refractivity contribution is 6.34. The minimum Gasteiger partial charge on any atom is -0.486 e. The summed E-state index contributed by atoms with van der Waals surface area (Å²) in [5, 5.41) is 3.31. The van der Waals surface area contributed by atoms with Gasteiger partial charge in [0.05, 0.1) is 10.7 Å². The Morgan fingerprint density at radius 3 is 2.37 bits per heavy atom. The summed E-state index contributed by atoms with van der Waals surface area (Å²) in [7, 11) is 0. The molecule has 4 nitrogen and oxygen atoms in total. The lowest BCUT2D eigenvalue weighted by Crippen LogP contribution is -2.17. The van der Waals surface area contributed by atoms with Crippen LogP contribution in [0, 0.1) is 0 Å². The Labute approximate surface area is 162 Å². The molecular weight excluding hydrogens is 362 g/mol. The Hall–Kier alpha value is -2.98. The van der Waals surface area contributed by atoms with Crippen molar-refractivity contribution in [1.29, 1.82) is 0 Å². The van der Waals surface area contributed by atoms with E-state index in [9.17, 15) is 4.79 Å². The second-order valence-electron chi connectivity index (χ2n) is 6.25. The van der Waals surface area contributed by atoms with Gasteiger partial charge in [0.2, 0.25) is 0 Å². The van der Waals surface area contributed by atoms with E-state index in [0.29, 0.717) is 47.4 Å². The first-order valence-electron chi connectivity index (χ1n) is 8.73. The lowest BCUT2D eigenvalue weighted by molar-refractivity contribution is 0.102. The number of anilines is 1. The van der Waals surface area contributed by atoms with Crippen molar-refractivity contribution in [2.24, 2.45) is 0 Å². The van der Waals surface area contributed by atoms with Gasteiger partial charge >= 0.3 is 0 Å². The molecule has 0 atom stereocenters. The predicted molar refractivity (Wildman–Crippen MR) is 106 cm³/mol. The molecule has 3 aromatic rings. The molecular formula is C22H18ClNO3. The zero-order valence-electron chi connectivity index (χ0n) is 14.6. The molecule has 1 heterocycles. The number of fused-ring (bicyclic) bond motifs is 1. The molecule has 1 aliphatic heterocycles. The van der Waals surface area contributed by atoms with Crippen LogP contribution in [0.4, 0.5) is 5.69 Å².